The molecule has 1 amide bonds. The van der Waals surface area contributed by atoms with E-state index >= 15 is 0 Å². The Morgan fingerprint density at radius 3 is 2.54 bits per heavy atom. The predicted octanol–water partition coefficient (Wildman–Crippen LogP) is 4.68. The number of likely N-dealkylation sites (tertiary alicyclic amines) is 2. The van der Waals surface area contributed by atoms with Gasteiger partial charge in [-0.25, -0.2) is 4.98 Å². The minimum Gasteiger partial charge on any atom is -0.490 e. The molecule has 7 rings (SSSR count). The van der Waals surface area contributed by atoms with Gasteiger partial charge in [0.25, 0.3) is 5.89 Å². The minimum atomic E-state index is -0.117. The SMILES string of the molecule is Cc1ccc(N2CCC(Oc3ccc4nc(C(=O)N5CC6CC5CN6Cc5ccncc5)oc4c3)CC2)cc1. The summed E-state index contributed by atoms with van der Waals surface area (Å²) in [7, 11) is 0. The van der Waals surface area contributed by atoms with Crippen molar-refractivity contribution < 1.29 is 13.9 Å². The molecule has 0 spiro atoms. The van der Waals surface area contributed by atoms with E-state index in [1.165, 1.54) is 16.8 Å². The number of ether oxygens (including phenoxy) is 1. The van der Waals surface area contributed by atoms with Crippen molar-refractivity contribution in [3.05, 3.63) is 84.0 Å². The van der Waals surface area contributed by atoms with Gasteiger partial charge in [-0.05, 0) is 55.3 Å². The molecule has 3 aliphatic rings. The first-order valence-corrected chi connectivity index (χ1v) is 13.9. The first kappa shape index (κ1) is 24.2. The number of nitrogens with zero attached hydrogens (tertiary/aromatic N) is 5. The van der Waals surface area contributed by atoms with Crippen LogP contribution in [0, 0.1) is 6.92 Å². The number of piperidine rings is 1. The van der Waals surface area contributed by atoms with Crippen molar-refractivity contribution in [1.29, 1.82) is 0 Å². The number of aryl methyl sites for hydroxylation is 1. The summed E-state index contributed by atoms with van der Waals surface area (Å²) in [5, 5.41) is 0. The zero-order valence-electron chi connectivity index (χ0n) is 22.2. The van der Waals surface area contributed by atoms with Crippen molar-refractivity contribution in [3.8, 4) is 5.75 Å². The third-order valence-corrected chi connectivity index (χ3v) is 8.44. The summed E-state index contributed by atoms with van der Waals surface area (Å²) in [6.07, 6.45) is 6.74. The van der Waals surface area contributed by atoms with Crippen molar-refractivity contribution in [3.63, 3.8) is 0 Å². The summed E-state index contributed by atoms with van der Waals surface area (Å²) in [5.41, 5.74) is 5.08. The van der Waals surface area contributed by atoms with E-state index in [2.05, 4.69) is 63.1 Å². The lowest BCUT2D eigenvalue weighted by atomic mass is 10.1. The molecule has 0 saturated carbocycles. The lowest BCUT2D eigenvalue weighted by Gasteiger charge is -2.33. The van der Waals surface area contributed by atoms with Crippen LogP contribution in [0.3, 0.4) is 0 Å². The highest BCUT2D eigenvalue weighted by Crippen LogP contribution is 2.34. The number of anilines is 1. The molecule has 3 aliphatic heterocycles. The molecule has 2 atom stereocenters. The molecule has 3 saturated heterocycles. The van der Waals surface area contributed by atoms with Gasteiger partial charge in [0.1, 0.15) is 17.4 Å². The van der Waals surface area contributed by atoms with Crippen molar-refractivity contribution >= 4 is 22.7 Å². The summed E-state index contributed by atoms with van der Waals surface area (Å²) in [5.74, 6) is 0.813. The van der Waals surface area contributed by atoms with Crippen LogP contribution >= 0.6 is 0 Å². The van der Waals surface area contributed by atoms with E-state index in [9.17, 15) is 4.79 Å². The number of amides is 1. The molecule has 3 fully saturated rings. The van der Waals surface area contributed by atoms with Crippen LogP contribution in [0.25, 0.3) is 11.1 Å². The predicted molar refractivity (Wildman–Crippen MR) is 149 cm³/mol. The van der Waals surface area contributed by atoms with Gasteiger partial charge in [0.2, 0.25) is 0 Å². The highest BCUT2D eigenvalue weighted by Gasteiger charge is 2.46. The molecule has 2 aromatic carbocycles. The van der Waals surface area contributed by atoms with E-state index in [1.54, 1.807) is 0 Å². The average molecular weight is 524 g/mol. The van der Waals surface area contributed by atoms with Crippen molar-refractivity contribution in [1.82, 2.24) is 19.8 Å². The van der Waals surface area contributed by atoms with Gasteiger partial charge < -0.3 is 19.0 Å². The minimum absolute atomic E-state index is 0.117. The molecule has 0 aliphatic carbocycles. The summed E-state index contributed by atoms with van der Waals surface area (Å²) in [6, 6.07) is 19.1. The van der Waals surface area contributed by atoms with Gasteiger partial charge in [0.15, 0.2) is 5.58 Å². The molecule has 2 bridgehead atoms. The molecule has 8 nitrogen and oxygen atoms in total. The van der Waals surface area contributed by atoms with E-state index in [-0.39, 0.29) is 23.9 Å². The smallest absolute Gasteiger partial charge is 0.310 e. The second-order valence-electron chi connectivity index (χ2n) is 11.1. The van der Waals surface area contributed by atoms with Gasteiger partial charge >= 0.3 is 5.91 Å². The number of carbonyl (C=O) groups excluding carboxylic acids is 1. The largest absolute Gasteiger partial charge is 0.490 e. The Morgan fingerprint density at radius 1 is 1.00 bits per heavy atom. The Labute approximate surface area is 228 Å². The van der Waals surface area contributed by atoms with Gasteiger partial charge in [-0.3, -0.25) is 14.7 Å². The topological polar surface area (TPSA) is 74.9 Å². The number of benzene rings is 2. The van der Waals surface area contributed by atoms with Crippen LogP contribution < -0.4 is 9.64 Å². The molecule has 8 heteroatoms. The maximum absolute atomic E-state index is 13.3. The van der Waals surface area contributed by atoms with Gasteiger partial charge in [-0.1, -0.05) is 17.7 Å². The highest BCUT2D eigenvalue weighted by atomic mass is 16.5. The molecule has 4 aromatic rings. The number of hydrogen-bond acceptors (Lipinski definition) is 7. The number of fused-ring (bicyclic) bond motifs is 3. The lowest BCUT2D eigenvalue weighted by Crippen LogP contribution is -2.48. The van der Waals surface area contributed by atoms with Crippen LogP contribution in [-0.2, 0) is 6.54 Å². The number of carbonyl (C=O) groups is 1. The van der Waals surface area contributed by atoms with Crippen LogP contribution in [0.5, 0.6) is 5.75 Å². The molecule has 200 valence electrons. The Kier molecular flexibility index (Phi) is 6.19. The third kappa shape index (κ3) is 4.85. The third-order valence-electron chi connectivity index (χ3n) is 8.44. The summed E-state index contributed by atoms with van der Waals surface area (Å²) in [6.45, 7) is 6.53. The number of pyridine rings is 1. The molecule has 0 N–H and O–H groups in total. The van der Waals surface area contributed by atoms with Crippen LogP contribution in [0.15, 0.2) is 71.4 Å². The number of piperazine rings is 1. The highest BCUT2D eigenvalue weighted by molar-refractivity contribution is 5.93. The lowest BCUT2D eigenvalue weighted by molar-refractivity contribution is 0.0579. The Bertz CT molecular complexity index is 1460. The first-order chi connectivity index (χ1) is 19.1. The fourth-order valence-electron chi connectivity index (χ4n) is 6.29. The normalized spacial score (nSPS) is 21.7. The number of oxazole rings is 1. The van der Waals surface area contributed by atoms with Crippen LogP contribution in [0.1, 0.15) is 41.1 Å². The van der Waals surface area contributed by atoms with E-state index in [4.69, 9.17) is 9.15 Å². The Hall–Kier alpha value is -3.91. The van der Waals surface area contributed by atoms with Crippen LogP contribution in [-0.4, -0.2) is 70.0 Å². The molecular weight excluding hydrogens is 490 g/mol. The summed E-state index contributed by atoms with van der Waals surface area (Å²) < 4.78 is 12.3. The van der Waals surface area contributed by atoms with Gasteiger partial charge in [-0.15, -0.1) is 0 Å². The fraction of sp³-hybridized carbons (Fsp3) is 0.387. The number of aromatic nitrogens is 2. The van der Waals surface area contributed by atoms with Crippen molar-refractivity contribution in [2.75, 3.05) is 31.1 Å². The molecule has 2 aromatic heterocycles. The quantitative estimate of drug-likeness (QED) is 0.363. The van der Waals surface area contributed by atoms with Crippen LogP contribution in [0.2, 0.25) is 0 Å². The van der Waals surface area contributed by atoms with E-state index < -0.39 is 0 Å². The number of rotatable bonds is 6. The Balaban J connectivity index is 0.966. The molecular formula is C31H33N5O3. The van der Waals surface area contributed by atoms with E-state index in [0.29, 0.717) is 23.7 Å². The van der Waals surface area contributed by atoms with Gasteiger partial charge in [0, 0.05) is 81.8 Å². The summed E-state index contributed by atoms with van der Waals surface area (Å²) in [4.78, 5) is 28.8. The van der Waals surface area contributed by atoms with E-state index in [0.717, 1.165) is 51.2 Å². The fourth-order valence-corrected chi connectivity index (χ4v) is 6.29. The van der Waals surface area contributed by atoms with Crippen molar-refractivity contribution in [2.45, 2.75) is 50.9 Å². The number of hydrogen-bond donors (Lipinski definition) is 0. The summed E-state index contributed by atoms with van der Waals surface area (Å²) >= 11 is 0. The maximum Gasteiger partial charge on any atom is 0.310 e. The molecule has 0 radical (unpaired) electrons. The zero-order valence-corrected chi connectivity index (χ0v) is 22.2. The monoisotopic (exact) mass is 523 g/mol. The van der Waals surface area contributed by atoms with Gasteiger partial charge in [-0.2, -0.15) is 0 Å². The Morgan fingerprint density at radius 2 is 1.79 bits per heavy atom. The molecule has 39 heavy (non-hydrogen) atoms. The van der Waals surface area contributed by atoms with E-state index in [1.807, 2.05) is 35.5 Å². The molecule has 5 heterocycles. The zero-order chi connectivity index (χ0) is 26.3. The van der Waals surface area contributed by atoms with Gasteiger partial charge in [0.05, 0.1) is 0 Å². The average Bonchev–Trinajstić information content (AvgIpc) is 3.68. The second kappa shape index (κ2) is 10.0. The first-order valence-electron chi connectivity index (χ1n) is 13.9. The second-order valence-corrected chi connectivity index (χ2v) is 11.1. The van der Waals surface area contributed by atoms with Crippen LogP contribution in [0.4, 0.5) is 5.69 Å². The standard InChI is InChI=1S/C31H33N5O3/c1-21-2-4-23(5-3-21)34-14-10-26(11-15-34)38-27-6-7-28-29(17-27)39-30(33-28)31(37)36-20-24-16-25(36)19-35(24)18-22-8-12-32-13-9-22/h2-9,12-13,17,24-26H,10-11,14-16,18-20H2,1H3. The van der Waals surface area contributed by atoms with Crippen molar-refractivity contribution in [2.24, 2.45) is 0 Å². The molecule has 2 unspecified atom stereocenters. The maximum atomic E-state index is 13.3.